The summed E-state index contributed by atoms with van der Waals surface area (Å²) < 4.78 is 7.23. The molecule has 150 valence electrons. The van der Waals surface area contributed by atoms with Crippen LogP contribution in [0.15, 0.2) is 46.8 Å². The lowest BCUT2D eigenvalue weighted by molar-refractivity contribution is 0.0531. The molecule has 0 saturated carbocycles. The number of pyridine rings is 1. The van der Waals surface area contributed by atoms with E-state index >= 15 is 0 Å². The van der Waals surface area contributed by atoms with Gasteiger partial charge in [-0.05, 0) is 55.8 Å². The number of hydrogen-bond donors (Lipinski definition) is 0. The molecule has 0 aliphatic heterocycles. The van der Waals surface area contributed by atoms with E-state index in [0.717, 1.165) is 42.9 Å². The molecule has 0 spiro atoms. The van der Waals surface area contributed by atoms with Crippen LogP contribution in [0.1, 0.15) is 27.7 Å². The molecule has 0 bridgehead atoms. The van der Waals surface area contributed by atoms with E-state index in [0.29, 0.717) is 16.6 Å². The number of aromatic nitrogens is 5. The van der Waals surface area contributed by atoms with Crippen LogP contribution in [0, 0.1) is 13.8 Å². The lowest BCUT2D eigenvalue weighted by Gasteiger charge is -2.07. The van der Waals surface area contributed by atoms with E-state index in [1.807, 2.05) is 29.5 Å². The van der Waals surface area contributed by atoms with Gasteiger partial charge in [0.05, 0.1) is 12.1 Å². The molecule has 0 aliphatic rings. The summed E-state index contributed by atoms with van der Waals surface area (Å²) in [6.07, 6.45) is 1.51. The van der Waals surface area contributed by atoms with Gasteiger partial charge in [0.25, 0.3) is 0 Å². The van der Waals surface area contributed by atoms with Crippen LogP contribution in [-0.4, -0.2) is 37.1 Å². The number of esters is 1. The molecule has 1 aromatic carbocycles. The molecule has 0 unspecified atom stereocenters. The van der Waals surface area contributed by atoms with Crippen molar-refractivity contribution in [2.45, 2.75) is 31.0 Å². The van der Waals surface area contributed by atoms with Crippen LogP contribution in [0.3, 0.4) is 0 Å². The summed E-state index contributed by atoms with van der Waals surface area (Å²) in [6, 6.07) is 10.2. The molecule has 4 aromatic heterocycles. The van der Waals surface area contributed by atoms with Crippen molar-refractivity contribution in [3.8, 4) is 0 Å². The molecule has 0 atom stereocenters. The first-order chi connectivity index (χ1) is 14.6. The van der Waals surface area contributed by atoms with Crippen molar-refractivity contribution in [3.05, 3.63) is 52.7 Å². The zero-order valence-electron chi connectivity index (χ0n) is 16.5. The predicted octanol–water partition coefficient (Wildman–Crippen LogP) is 4.83. The second-order valence-electron chi connectivity index (χ2n) is 6.76. The molecule has 0 aliphatic carbocycles. The SMILES string of the molecule is CCOC(=O)c1sc2ncnc(Sc3nnc4cc(C)c5ccccc5n34)c2c1C. The number of aryl methyl sites for hydroxylation is 2. The van der Waals surface area contributed by atoms with Crippen LogP contribution in [0.25, 0.3) is 26.8 Å². The van der Waals surface area contributed by atoms with E-state index in [1.54, 1.807) is 6.92 Å². The largest absolute Gasteiger partial charge is 0.462 e. The van der Waals surface area contributed by atoms with E-state index in [9.17, 15) is 4.79 Å². The van der Waals surface area contributed by atoms with Gasteiger partial charge in [0.15, 0.2) is 5.65 Å². The van der Waals surface area contributed by atoms with Gasteiger partial charge in [-0.25, -0.2) is 14.8 Å². The van der Waals surface area contributed by atoms with Crippen LogP contribution < -0.4 is 0 Å². The molecule has 5 rings (SSSR count). The molecule has 30 heavy (non-hydrogen) atoms. The Morgan fingerprint density at radius 1 is 1.20 bits per heavy atom. The van der Waals surface area contributed by atoms with Crippen molar-refractivity contribution < 1.29 is 9.53 Å². The Morgan fingerprint density at radius 2 is 2.03 bits per heavy atom. The maximum absolute atomic E-state index is 12.3. The third-order valence-corrected chi connectivity index (χ3v) is 7.04. The molecule has 0 saturated heterocycles. The maximum atomic E-state index is 12.3. The Morgan fingerprint density at radius 3 is 2.87 bits per heavy atom. The summed E-state index contributed by atoms with van der Waals surface area (Å²) >= 11 is 2.74. The normalized spacial score (nSPS) is 11.6. The summed E-state index contributed by atoms with van der Waals surface area (Å²) in [7, 11) is 0. The number of nitrogens with zero attached hydrogens (tertiary/aromatic N) is 5. The third kappa shape index (κ3) is 2.93. The summed E-state index contributed by atoms with van der Waals surface area (Å²) in [4.78, 5) is 22.5. The zero-order chi connectivity index (χ0) is 20.8. The fourth-order valence-corrected chi connectivity index (χ4v) is 5.63. The van der Waals surface area contributed by atoms with E-state index in [4.69, 9.17) is 4.74 Å². The summed E-state index contributed by atoms with van der Waals surface area (Å²) in [5, 5.41) is 12.2. The number of ether oxygens (including phenoxy) is 1. The first-order valence-electron chi connectivity index (χ1n) is 9.41. The lowest BCUT2D eigenvalue weighted by Crippen LogP contribution is -2.03. The monoisotopic (exact) mass is 435 g/mol. The standard InChI is InChI=1S/C21H17N5O2S2/c1-4-28-20(27)17-12(3)16-18(29-17)22-10-23-19(16)30-21-25-24-15-9-11(2)13-7-5-6-8-14(13)26(15)21/h5-10H,4H2,1-3H3. The topological polar surface area (TPSA) is 82.3 Å². The number of carbonyl (C=O) groups excluding carboxylic acids is 1. The second-order valence-corrected chi connectivity index (χ2v) is 8.71. The molecule has 7 nitrogen and oxygen atoms in total. The van der Waals surface area contributed by atoms with Gasteiger partial charge in [0, 0.05) is 10.8 Å². The van der Waals surface area contributed by atoms with Crippen molar-refractivity contribution in [1.29, 1.82) is 0 Å². The molecule has 4 heterocycles. The molecule has 0 amide bonds. The van der Waals surface area contributed by atoms with Crippen LogP contribution in [0.2, 0.25) is 0 Å². The first-order valence-corrected chi connectivity index (χ1v) is 11.0. The van der Waals surface area contributed by atoms with Gasteiger partial charge in [-0.1, -0.05) is 18.2 Å². The molecular weight excluding hydrogens is 418 g/mol. The van der Waals surface area contributed by atoms with E-state index in [2.05, 4.69) is 39.2 Å². The highest BCUT2D eigenvalue weighted by Crippen LogP contribution is 2.38. The highest BCUT2D eigenvalue weighted by molar-refractivity contribution is 7.99. The quantitative estimate of drug-likeness (QED) is 0.295. The number of rotatable bonds is 4. The fourth-order valence-electron chi connectivity index (χ4n) is 3.54. The average Bonchev–Trinajstić information content (AvgIpc) is 3.30. The molecule has 5 aromatic rings. The number of thiophene rings is 1. The number of benzene rings is 1. The van der Waals surface area contributed by atoms with E-state index in [1.165, 1.54) is 29.4 Å². The average molecular weight is 436 g/mol. The summed E-state index contributed by atoms with van der Waals surface area (Å²) in [5.74, 6) is -0.330. The van der Waals surface area contributed by atoms with Crippen molar-refractivity contribution in [1.82, 2.24) is 24.6 Å². The number of carbonyl (C=O) groups is 1. The van der Waals surface area contributed by atoms with Crippen molar-refractivity contribution in [2.75, 3.05) is 6.61 Å². The van der Waals surface area contributed by atoms with Gasteiger partial charge in [-0.15, -0.1) is 21.5 Å². The van der Waals surface area contributed by atoms with Crippen LogP contribution in [-0.2, 0) is 4.74 Å². The van der Waals surface area contributed by atoms with Crippen LogP contribution in [0.4, 0.5) is 0 Å². The number of fused-ring (bicyclic) bond motifs is 4. The summed E-state index contributed by atoms with van der Waals surface area (Å²) in [6.45, 7) is 6.10. The van der Waals surface area contributed by atoms with E-state index in [-0.39, 0.29) is 5.97 Å². The maximum Gasteiger partial charge on any atom is 0.348 e. The van der Waals surface area contributed by atoms with Crippen LogP contribution in [0.5, 0.6) is 0 Å². The Bertz CT molecular complexity index is 1440. The summed E-state index contributed by atoms with van der Waals surface area (Å²) in [5.41, 5.74) is 3.80. The fraction of sp³-hybridized carbons (Fsp3) is 0.190. The predicted molar refractivity (Wildman–Crippen MR) is 117 cm³/mol. The molecular formula is C21H17N5O2S2. The van der Waals surface area contributed by atoms with Crippen molar-refractivity contribution in [3.63, 3.8) is 0 Å². The smallest absolute Gasteiger partial charge is 0.348 e. The Hall–Kier alpha value is -3.04. The Labute approximate surface area is 180 Å². The van der Waals surface area contributed by atoms with Gasteiger partial charge in [-0.3, -0.25) is 4.40 Å². The Kier molecular flexibility index (Phi) is 4.63. The molecule has 0 N–H and O–H groups in total. The number of para-hydroxylation sites is 1. The number of hydrogen-bond acceptors (Lipinski definition) is 8. The van der Waals surface area contributed by atoms with Gasteiger partial charge < -0.3 is 4.74 Å². The highest BCUT2D eigenvalue weighted by atomic mass is 32.2. The van der Waals surface area contributed by atoms with Crippen molar-refractivity contribution >= 4 is 55.8 Å². The minimum Gasteiger partial charge on any atom is -0.462 e. The molecule has 0 radical (unpaired) electrons. The lowest BCUT2D eigenvalue weighted by atomic mass is 10.1. The van der Waals surface area contributed by atoms with Gasteiger partial charge in [0.1, 0.15) is 21.1 Å². The third-order valence-electron chi connectivity index (χ3n) is 4.91. The molecule has 9 heteroatoms. The van der Waals surface area contributed by atoms with E-state index < -0.39 is 0 Å². The van der Waals surface area contributed by atoms with Crippen LogP contribution >= 0.6 is 23.1 Å². The molecule has 0 fully saturated rings. The minimum atomic E-state index is -0.330. The van der Waals surface area contributed by atoms with Gasteiger partial charge in [0.2, 0.25) is 5.16 Å². The minimum absolute atomic E-state index is 0.330. The second kappa shape index (κ2) is 7.33. The first kappa shape index (κ1) is 19.0. The Balaban J connectivity index is 1.67. The highest BCUT2D eigenvalue weighted by Gasteiger charge is 2.22. The van der Waals surface area contributed by atoms with Crippen molar-refractivity contribution in [2.24, 2.45) is 0 Å². The zero-order valence-corrected chi connectivity index (χ0v) is 18.2. The van der Waals surface area contributed by atoms with Gasteiger partial charge >= 0.3 is 5.97 Å². The van der Waals surface area contributed by atoms with Gasteiger partial charge in [-0.2, -0.15) is 0 Å².